The molecular formula is C13H25NO5. The molecular weight excluding hydrogens is 250 g/mol. The summed E-state index contributed by atoms with van der Waals surface area (Å²) in [5.41, 5.74) is 5.11. The molecule has 1 rings (SSSR count). The summed E-state index contributed by atoms with van der Waals surface area (Å²) in [6, 6.07) is 0. The van der Waals surface area contributed by atoms with Crippen molar-refractivity contribution in [3.05, 3.63) is 0 Å². The number of esters is 1. The Labute approximate surface area is 114 Å². The van der Waals surface area contributed by atoms with Crippen molar-refractivity contribution in [2.75, 3.05) is 40.6 Å². The van der Waals surface area contributed by atoms with Gasteiger partial charge >= 0.3 is 5.97 Å². The van der Waals surface area contributed by atoms with Gasteiger partial charge in [-0.3, -0.25) is 4.79 Å². The van der Waals surface area contributed by atoms with Gasteiger partial charge in [-0.2, -0.15) is 0 Å². The standard InChI is InChI=1S/C13H25NO5/c1-16-6-3-7-18-8-9-19-11-4-5-13(14,10-11)12(15)17-2/h11H,3-10,14H2,1-2H3. The summed E-state index contributed by atoms with van der Waals surface area (Å²) in [6.07, 6.45) is 2.82. The van der Waals surface area contributed by atoms with Crippen molar-refractivity contribution in [2.24, 2.45) is 5.73 Å². The maximum atomic E-state index is 11.5. The largest absolute Gasteiger partial charge is 0.468 e. The fraction of sp³-hybridized carbons (Fsp3) is 0.923. The van der Waals surface area contributed by atoms with Gasteiger partial charge in [0.05, 0.1) is 26.4 Å². The van der Waals surface area contributed by atoms with E-state index in [9.17, 15) is 4.79 Å². The van der Waals surface area contributed by atoms with Gasteiger partial charge < -0.3 is 24.7 Å². The maximum absolute atomic E-state index is 11.5. The number of ether oxygens (including phenoxy) is 4. The first-order chi connectivity index (χ1) is 9.12. The average Bonchev–Trinajstić information content (AvgIpc) is 2.80. The summed E-state index contributed by atoms with van der Waals surface area (Å²) >= 11 is 0. The molecule has 2 N–H and O–H groups in total. The molecule has 1 aliphatic rings. The van der Waals surface area contributed by atoms with Gasteiger partial charge in [0.25, 0.3) is 0 Å². The number of hydrogen-bond acceptors (Lipinski definition) is 6. The summed E-state index contributed by atoms with van der Waals surface area (Å²) in [5.74, 6) is -0.352. The minimum absolute atomic E-state index is 0.0201. The van der Waals surface area contributed by atoms with Crippen molar-refractivity contribution in [3.8, 4) is 0 Å². The highest BCUT2D eigenvalue weighted by Crippen LogP contribution is 2.30. The Balaban J connectivity index is 2.07. The summed E-state index contributed by atoms with van der Waals surface area (Å²) in [5, 5.41) is 0. The third-order valence-corrected chi connectivity index (χ3v) is 3.31. The molecule has 6 heteroatoms. The maximum Gasteiger partial charge on any atom is 0.325 e. The minimum Gasteiger partial charge on any atom is -0.468 e. The van der Waals surface area contributed by atoms with E-state index in [1.54, 1.807) is 7.11 Å². The van der Waals surface area contributed by atoms with Crippen LogP contribution < -0.4 is 5.73 Å². The molecule has 0 radical (unpaired) electrons. The average molecular weight is 275 g/mol. The number of carbonyl (C=O) groups excluding carboxylic acids is 1. The summed E-state index contributed by atoms with van der Waals surface area (Å²) in [6.45, 7) is 2.45. The van der Waals surface area contributed by atoms with E-state index in [2.05, 4.69) is 0 Å². The Kier molecular flexibility index (Phi) is 7.30. The molecule has 0 bridgehead atoms. The van der Waals surface area contributed by atoms with Gasteiger partial charge in [-0.15, -0.1) is 0 Å². The second-order valence-corrected chi connectivity index (χ2v) is 4.84. The van der Waals surface area contributed by atoms with Crippen molar-refractivity contribution in [1.29, 1.82) is 0 Å². The van der Waals surface area contributed by atoms with E-state index in [1.165, 1.54) is 7.11 Å². The SMILES string of the molecule is COCCCOCCOC1CCC(N)(C(=O)OC)C1. The van der Waals surface area contributed by atoms with E-state index in [0.29, 0.717) is 39.3 Å². The molecule has 1 saturated carbocycles. The normalized spacial score (nSPS) is 26.6. The Hall–Kier alpha value is -0.690. The quantitative estimate of drug-likeness (QED) is 0.487. The Morgan fingerprint density at radius 1 is 1.26 bits per heavy atom. The fourth-order valence-electron chi connectivity index (χ4n) is 2.24. The van der Waals surface area contributed by atoms with Crippen molar-refractivity contribution >= 4 is 5.97 Å². The predicted molar refractivity (Wildman–Crippen MR) is 69.8 cm³/mol. The molecule has 1 fully saturated rings. The lowest BCUT2D eigenvalue weighted by molar-refractivity contribution is -0.147. The first kappa shape index (κ1) is 16.4. The summed E-state index contributed by atoms with van der Waals surface area (Å²) in [4.78, 5) is 11.5. The minimum atomic E-state index is -0.876. The lowest BCUT2D eigenvalue weighted by Crippen LogP contribution is -2.46. The molecule has 0 aromatic carbocycles. The van der Waals surface area contributed by atoms with E-state index in [1.807, 2.05) is 0 Å². The second kappa shape index (κ2) is 8.47. The lowest BCUT2D eigenvalue weighted by Gasteiger charge is -2.20. The van der Waals surface area contributed by atoms with Crippen molar-refractivity contribution in [1.82, 2.24) is 0 Å². The molecule has 1 aliphatic carbocycles. The van der Waals surface area contributed by atoms with Crippen molar-refractivity contribution in [2.45, 2.75) is 37.3 Å². The van der Waals surface area contributed by atoms with Crippen LogP contribution in [0.25, 0.3) is 0 Å². The van der Waals surface area contributed by atoms with Crippen LogP contribution in [-0.2, 0) is 23.7 Å². The van der Waals surface area contributed by atoms with E-state index >= 15 is 0 Å². The lowest BCUT2D eigenvalue weighted by atomic mass is 10.00. The van der Waals surface area contributed by atoms with Crippen LogP contribution in [-0.4, -0.2) is 58.3 Å². The molecule has 2 atom stereocenters. The predicted octanol–water partition coefficient (Wildman–Crippen LogP) is 0.479. The van der Waals surface area contributed by atoms with Gasteiger partial charge in [0.2, 0.25) is 0 Å². The van der Waals surface area contributed by atoms with Crippen LogP contribution in [0, 0.1) is 0 Å². The van der Waals surface area contributed by atoms with Crippen molar-refractivity contribution in [3.63, 3.8) is 0 Å². The van der Waals surface area contributed by atoms with Gasteiger partial charge in [-0.05, 0) is 19.3 Å². The number of hydrogen-bond donors (Lipinski definition) is 1. The van der Waals surface area contributed by atoms with E-state index in [4.69, 9.17) is 24.7 Å². The van der Waals surface area contributed by atoms with E-state index < -0.39 is 5.54 Å². The molecule has 0 aliphatic heterocycles. The summed E-state index contributed by atoms with van der Waals surface area (Å²) < 4.78 is 20.7. The van der Waals surface area contributed by atoms with E-state index in [-0.39, 0.29) is 12.1 Å². The highest BCUT2D eigenvalue weighted by atomic mass is 16.5. The Morgan fingerprint density at radius 3 is 2.74 bits per heavy atom. The second-order valence-electron chi connectivity index (χ2n) is 4.84. The molecule has 112 valence electrons. The third kappa shape index (κ3) is 5.44. The monoisotopic (exact) mass is 275 g/mol. The van der Waals surface area contributed by atoms with Crippen LogP contribution >= 0.6 is 0 Å². The van der Waals surface area contributed by atoms with Crippen LogP contribution in [0.2, 0.25) is 0 Å². The van der Waals surface area contributed by atoms with Crippen molar-refractivity contribution < 1.29 is 23.7 Å². The fourth-order valence-corrected chi connectivity index (χ4v) is 2.24. The van der Waals surface area contributed by atoms with Gasteiger partial charge in [-0.25, -0.2) is 0 Å². The first-order valence-electron chi connectivity index (χ1n) is 6.68. The van der Waals surface area contributed by atoms with Gasteiger partial charge in [-0.1, -0.05) is 0 Å². The molecule has 19 heavy (non-hydrogen) atoms. The molecule has 6 nitrogen and oxygen atoms in total. The van der Waals surface area contributed by atoms with Gasteiger partial charge in [0, 0.05) is 26.7 Å². The molecule has 0 aromatic rings. The molecule has 2 unspecified atom stereocenters. The molecule has 0 saturated heterocycles. The van der Waals surface area contributed by atoms with Crippen LogP contribution in [0.4, 0.5) is 0 Å². The molecule has 0 spiro atoms. The zero-order chi connectivity index (χ0) is 14.1. The number of methoxy groups -OCH3 is 2. The topological polar surface area (TPSA) is 80.0 Å². The van der Waals surface area contributed by atoms with Crippen LogP contribution in [0.3, 0.4) is 0 Å². The number of rotatable bonds is 9. The highest BCUT2D eigenvalue weighted by molar-refractivity contribution is 5.80. The van der Waals surface area contributed by atoms with Crippen LogP contribution in [0.1, 0.15) is 25.7 Å². The highest BCUT2D eigenvalue weighted by Gasteiger charge is 2.43. The van der Waals surface area contributed by atoms with Gasteiger partial charge in [0.15, 0.2) is 0 Å². The smallest absolute Gasteiger partial charge is 0.325 e. The van der Waals surface area contributed by atoms with E-state index in [0.717, 1.165) is 12.8 Å². The number of nitrogens with two attached hydrogens (primary N) is 1. The van der Waals surface area contributed by atoms with Gasteiger partial charge in [0.1, 0.15) is 5.54 Å². The first-order valence-corrected chi connectivity index (χ1v) is 6.68. The molecule has 0 aromatic heterocycles. The Bertz CT molecular complexity index is 274. The number of carbonyl (C=O) groups is 1. The zero-order valence-electron chi connectivity index (χ0n) is 11.9. The third-order valence-electron chi connectivity index (χ3n) is 3.31. The Morgan fingerprint density at radius 2 is 2.05 bits per heavy atom. The molecule has 0 heterocycles. The summed E-state index contributed by atoms with van der Waals surface area (Å²) in [7, 11) is 3.03. The van der Waals surface area contributed by atoms with Crippen LogP contribution in [0.15, 0.2) is 0 Å². The molecule has 0 amide bonds. The van der Waals surface area contributed by atoms with Crippen LogP contribution in [0.5, 0.6) is 0 Å². The zero-order valence-corrected chi connectivity index (χ0v) is 11.9.